The Hall–Kier alpha value is -5.33. The maximum absolute atomic E-state index is 13.1. The molecule has 0 radical (unpaired) electrons. The van der Waals surface area contributed by atoms with Crippen molar-refractivity contribution >= 4 is 51.1 Å². The molecule has 3 heterocycles. The first-order valence-electron chi connectivity index (χ1n) is 15.0. The van der Waals surface area contributed by atoms with E-state index in [9.17, 15) is 27.6 Å². The van der Waals surface area contributed by atoms with Gasteiger partial charge in [-0.1, -0.05) is 30.3 Å². The fraction of sp³-hybridized carbons (Fsp3) is 0.294. The number of ether oxygens (including phenoxy) is 1. The van der Waals surface area contributed by atoms with Crippen LogP contribution in [0.4, 0.5) is 29.5 Å². The molecule has 47 heavy (non-hydrogen) atoms. The molecular formula is C34H31F3N6O4. The lowest BCUT2D eigenvalue weighted by Gasteiger charge is -2.24. The number of likely N-dealkylation sites (tertiary alicyclic amines) is 1. The lowest BCUT2D eigenvalue weighted by Crippen LogP contribution is -2.47. The van der Waals surface area contributed by atoms with E-state index >= 15 is 0 Å². The first-order valence-corrected chi connectivity index (χ1v) is 15.0. The Balaban J connectivity index is 1.27. The monoisotopic (exact) mass is 644 g/mol. The number of hydrogen-bond acceptors (Lipinski definition) is 8. The van der Waals surface area contributed by atoms with E-state index in [-0.39, 0.29) is 19.4 Å². The van der Waals surface area contributed by atoms with Gasteiger partial charge in [-0.15, -0.1) is 0 Å². The fourth-order valence-electron chi connectivity index (χ4n) is 5.65. The first-order chi connectivity index (χ1) is 22.3. The van der Waals surface area contributed by atoms with Gasteiger partial charge in [0.15, 0.2) is 11.6 Å². The van der Waals surface area contributed by atoms with E-state index in [1.807, 2.05) is 30.3 Å². The number of fused-ring (bicyclic) bond motifs is 2. The number of aromatic nitrogens is 4. The molecule has 1 aliphatic heterocycles. The third-order valence-electron chi connectivity index (χ3n) is 7.69. The lowest BCUT2D eigenvalue weighted by atomic mass is 10.00. The molecule has 0 aliphatic carbocycles. The molecule has 10 nitrogen and oxygen atoms in total. The number of halogens is 3. The Morgan fingerprint density at radius 2 is 1.77 bits per heavy atom. The Bertz CT molecular complexity index is 2020. The number of nitrogens with zero attached hydrogens (tertiary/aromatic N) is 5. The normalized spacial score (nSPS) is 15.3. The van der Waals surface area contributed by atoms with Gasteiger partial charge in [0.1, 0.15) is 11.4 Å². The van der Waals surface area contributed by atoms with Gasteiger partial charge in [0.05, 0.1) is 23.3 Å². The Labute approximate surface area is 267 Å². The highest BCUT2D eigenvalue weighted by molar-refractivity contribution is 5.95. The standard InChI is InChI=1S/C34H31F3N6O4/c1-33(2,3)47-32(46)43-26-14-13-23(18-22(26)19-38-43)39-30-24-10-4-5-11-25(24)40-29(41-30)21-9-6-8-20(16-21)17-28(44)27-12-7-15-42(27)31(45)34(35,36)37/h4-6,8-11,13-14,16,18-19,27H,7,12,15,17H2,1-3H3,(H,39,40,41)/t27-/m1/s1. The van der Waals surface area contributed by atoms with Crippen molar-refractivity contribution in [1.29, 1.82) is 0 Å². The second-order valence-corrected chi connectivity index (χ2v) is 12.3. The quantitative estimate of drug-likeness (QED) is 0.214. The number of ketones is 1. The molecule has 0 saturated carbocycles. The van der Waals surface area contributed by atoms with E-state index in [0.29, 0.717) is 56.2 Å². The van der Waals surface area contributed by atoms with Crippen LogP contribution in [-0.2, 0) is 20.7 Å². The van der Waals surface area contributed by atoms with Gasteiger partial charge in [-0.3, -0.25) is 9.59 Å². The van der Waals surface area contributed by atoms with E-state index in [2.05, 4.69) is 10.4 Å². The average molecular weight is 645 g/mol. The van der Waals surface area contributed by atoms with Crippen molar-refractivity contribution in [2.24, 2.45) is 0 Å². The number of alkyl halides is 3. The van der Waals surface area contributed by atoms with E-state index < -0.39 is 35.6 Å². The average Bonchev–Trinajstić information content (AvgIpc) is 3.67. The molecule has 13 heteroatoms. The number of carbonyl (C=O) groups excluding carboxylic acids is 3. The smallest absolute Gasteiger partial charge is 0.442 e. The van der Waals surface area contributed by atoms with Gasteiger partial charge in [-0.25, -0.2) is 14.8 Å². The van der Waals surface area contributed by atoms with Crippen molar-refractivity contribution in [3.05, 3.63) is 78.5 Å². The predicted molar refractivity (Wildman–Crippen MR) is 169 cm³/mol. The number of rotatable bonds is 6. The molecule has 1 fully saturated rings. The van der Waals surface area contributed by atoms with Gasteiger partial charge in [0.2, 0.25) is 0 Å². The third kappa shape index (κ3) is 6.79. The minimum Gasteiger partial charge on any atom is -0.442 e. The molecule has 242 valence electrons. The maximum Gasteiger partial charge on any atom is 0.471 e. The highest BCUT2D eigenvalue weighted by Crippen LogP contribution is 2.31. The number of Topliss-reactive ketones (excluding diaryl/α,β-unsaturated/α-hetero) is 1. The van der Waals surface area contributed by atoms with Crippen molar-refractivity contribution in [3.8, 4) is 11.4 Å². The molecule has 1 saturated heterocycles. The van der Waals surface area contributed by atoms with Crippen LogP contribution in [0, 0.1) is 0 Å². The molecule has 0 bridgehead atoms. The second kappa shape index (κ2) is 12.1. The summed E-state index contributed by atoms with van der Waals surface area (Å²) in [6, 6.07) is 18.7. The largest absolute Gasteiger partial charge is 0.471 e. The summed E-state index contributed by atoms with van der Waals surface area (Å²) in [5.41, 5.74) is 2.42. The number of para-hydroxylation sites is 1. The molecule has 5 aromatic rings. The van der Waals surface area contributed by atoms with Crippen LogP contribution in [-0.4, -0.2) is 66.8 Å². The summed E-state index contributed by atoms with van der Waals surface area (Å²) in [7, 11) is 0. The molecule has 1 atom stereocenters. The van der Waals surface area contributed by atoms with Gasteiger partial charge in [0.25, 0.3) is 0 Å². The van der Waals surface area contributed by atoms with Gasteiger partial charge in [-0.2, -0.15) is 23.0 Å². The summed E-state index contributed by atoms with van der Waals surface area (Å²) in [4.78, 5) is 47.8. The molecular weight excluding hydrogens is 613 g/mol. The topological polar surface area (TPSA) is 119 Å². The zero-order valence-electron chi connectivity index (χ0n) is 25.8. The van der Waals surface area contributed by atoms with Crippen LogP contribution >= 0.6 is 0 Å². The molecule has 0 unspecified atom stereocenters. The van der Waals surface area contributed by atoms with Gasteiger partial charge in [0, 0.05) is 35.0 Å². The van der Waals surface area contributed by atoms with Crippen molar-refractivity contribution in [2.45, 2.75) is 57.9 Å². The summed E-state index contributed by atoms with van der Waals surface area (Å²) in [6.07, 6.45) is -3.66. The number of carbonyl (C=O) groups is 3. The van der Waals surface area contributed by atoms with E-state index in [0.717, 1.165) is 5.39 Å². The van der Waals surface area contributed by atoms with Crippen LogP contribution in [0.5, 0.6) is 0 Å². The van der Waals surface area contributed by atoms with Crippen molar-refractivity contribution in [3.63, 3.8) is 0 Å². The minimum atomic E-state index is -5.03. The summed E-state index contributed by atoms with van der Waals surface area (Å²) in [5.74, 6) is -1.56. The first kappa shape index (κ1) is 31.6. The van der Waals surface area contributed by atoms with Crippen LogP contribution in [0.1, 0.15) is 39.2 Å². The summed E-state index contributed by atoms with van der Waals surface area (Å²) in [6.45, 7) is 5.24. The van der Waals surface area contributed by atoms with Crippen molar-refractivity contribution in [2.75, 3.05) is 11.9 Å². The van der Waals surface area contributed by atoms with Gasteiger partial charge < -0.3 is 15.0 Å². The van der Waals surface area contributed by atoms with Crippen LogP contribution in [0.15, 0.2) is 72.9 Å². The SMILES string of the molecule is CC(C)(C)OC(=O)n1ncc2cc(Nc3nc(-c4cccc(CC(=O)[C@H]5CCCN5C(=O)C(F)(F)F)c4)nc4ccccc34)ccc21. The number of benzene rings is 3. The zero-order chi connectivity index (χ0) is 33.5. The molecule has 3 aromatic carbocycles. The van der Waals surface area contributed by atoms with Crippen LogP contribution in [0.3, 0.4) is 0 Å². The molecule has 1 aliphatic rings. The van der Waals surface area contributed by atoms with Crippen molar-refractivity contribution in [1.82, 2.24) is 24.6 Å². The molecule has 1 amide bonds. The number of nitrogens with one attached hydrogen (secondary N) is 1. The van der Waals surface area contributed by atoms with Crippen LogP contribution in [0.25, 0.3) is 33.2 Å². The molecule has 0 spiro atoms. The summed E-state index contributed by atoms with van der Waals surface area (Å²) < 4.78 is 45.9. The Morgan fingerprint density at radius 1 is 0.979 bits per heavy atom. The fourth-order valence-corrected chi connectivity index (χ4v) is 5.65. The molecule has 2 aromatic heterocycles. The van der Waals surface area contributed by atoms with Crippen molar-refractivity contribution < 1.29 is 32.3 Å². The Kier molecular flexibility index (Phi) is 8.16. The zero-order valence-corrected chi connectivity index (χ0v) is 25.8. The molecule has 6 rings (SSSR count). The number of anilines is 2. The highest BCUT2D eigenvalue weighted by Gasteiger charge is 2.47. The maximum atomic E-state index is 13.1. The highest BCUT2D eigenvalue weighted by atomic mass is 19.4. The van der Waals surface area contributed by atoms with Crippen LogP contribution in [0.2, 0.25) is 0 Å². The number of amides is 1. The second-order valence-electron chi connectivity index (χ2n) is 12.3. The lowest BCUT2D eigenvalue weighted by molar-refractivity contribution is -0.186. The summed E-state index contributed by atoms with van der Waals surface area (Å²) >= 11 is 0. The van der Waals surface area contributed by atoms with E-state index in [1.54, 1.807) is 63.4 Å². The van der Waals surface area contributed by atoms with E-state index in [4.69, 9.17) is 14.7 Å². The number of hydrogen-bond donors (Lipinski definition) is 1. The predicted octanol–water partition coefficient (Wildman–Crippen LogP) is 6.84. The van der Waals surface area contributed by atoms with Crippen LogP contribution < -0.4 is 5.32 Å². The minimum absolute atomic E-state index is 0.103. The molecule has 1 N–H and O–H groups in total. The summed E-state index contributed by atoms with van der Waals surface area (Å²) in [5, 5.41) is 9.01. The third-order valence-corrected chi connectivity index (χ3v) is 7.69. The van der Waals surface area contributed by atoms with E-state index in [1.165, 1.54) is 4.68 Å². The van der Waals surface area contributed by atoms with Gasteiger partial charge in [-0.05, 0) is 75.6 Å². The van der Waals surface area contributed by atoms with Gasteiger partial charge >= 0.3 is 18.2 Å². The Morgan fingerprint density at radius 3 is 2.53 bits per heavy atom.